The van der Waals surface area contributed by atoms with Gasteiger partial charge in [-0.25, -0.2) is 4.39 Å². The minimum atomic E-state index is -4.35. The van der Waals surface area contributed by atoms with E-state index in [0.717, 1.165) is 12.8 Å². The predicted molar refractivity (Wildman–Crippen MR) is 39.2 cm³/mol. The van der Waals surface area contributed by atoms with E-state index in [1.54, 1.807) is 0 Å². The first-order valence-electron chi connectivity index (χ1n) is 4.31. The Morgan fingerprint density at radius 2 is 1.77 bits per heavy atom. The zero-order valence-corrected chi connectivity index (χ0v) is 7.11. The van der Waals surface area contributed by atoms with Gasteiger partial charge in [0.15, 0.2) is 0 Å². The van der Waals surface area contributed by atoms with Crippen molar-refractivity contribution >= 4 is 0 Å². The molecule has 0 heterocycles. The summed E-state index contributed by atoms with van der Waals surface area (Å²) < 4.78 is 52.5. The largest absolute Gasteiger partial charge is 0.411 e. The molecule has 0 aromatic carbocycles. The molecule has 0 saturated heterocycles. The van der Waals surface area contributed by atoms with Crippen LogP contribution in [0.3, 0.4) is 0 Å². The van der Waals surface area contributed by atoms with E-state index >= 15 is 0 Å². The average molecular weight is 200 g/mol. The Balaban J connectivity index is 2.27. The molecule has 1 fully saturated rings. The van der Waals surface area contributed by atoms with Gasteiger partial charge in [-0.3, -0.25) is 0 Å². The van der Waals surface area contributed by atoms with Crippen LogP contribution in [-0.4, -0.2) is 25.1 Å². The smallest absolute Gasteiger partial charge is 0.366 e. The maximum Gasteiger partial charge on any atom is 0.411 e. The van der Waals surface area contributed by atoms with Crippen molar-refractivity contribution in [2.24, 2.45) is 0 Å². The van der Waals surface area contributed by atoms with Gasteiger partial charge in [0.25, 0.3) is 0 Å². The molecule has 0 amide bonds. The summed E-state index contributed by atoms with van der Waals surface area (Å²) in [6, 6.07) is 0. The van der Waals surface area contributed by atoms with E-state index in [1.807, 2.05) is 0 Å². The first-order chi connectivity index (χ1) is 5.99. The van der Waals surface area contributed by atoms with Crippen LogP contribution in [0.25, 0.3) is 0 Å². The van der Waals surface area contributed by atoms with Crippen LogP contribution in [-0.2, 0) is 4.74 Å². The van der Waals surface area contributed by atoms with Crippen molar-refractivity contribution < 1.29 is 22.3 Å². The summed E-state index contributed by atoms with van der Waals surface area (Å²) >= 11 is 0. The fraction of sp³-hybridized carbons (Fsp3) is 1.00. The highest BCUT2D eigenvalue weighted by molar-refractivity contribution is 4.75. The third-order valence-corrected chi connectivity index (χ3v) is 2.08. The molecule has 1 aliphatic carbocycles. The predicted octanol–water partition coefficient (Wildman–Crippen LogP) is 2.85. The molecule has 1 saturated carbocycles. The highest BCUT2D eigenvalue weighted by Gasteiger charge is 2.32. The number of hydrogen-bond acceptors (Lipinski definition) is 1. The highest BCUT2D eigenvalue weighted by atomic mass is 19.4. The number of ether oxygens (including phenoxy) is 1. The van der Waals surface area contributed by atoms with Crippen molar-refractivity contribution in [2.45, 2.75) is 44.1 Å². The van der Waals surface area contributed by atoms with Crippen LogP contribution in [0.5, 0.6) is 0 Å². The molecule has 1 aliphatic rings. The minimum Gasteiger partial charge on any atom is -0.366 e. The van der Waals surface area contributed by atoms with E-state index in [0.29, 0.717) is 12.8 Å². The van der Waals surface area contributed by atoms with Crippen LogP contribution in [0.1, 0.15) is 25.7 Å². The van der Waals surface area contributed by atoms with Crippen molar-refractivity contribution in [3.8, 4) is 0 Å². The molecular formula is C8H12F4O. The molecule has 0 radical (unpaired) electrons. The summed E-state index contributed by atoms with van der Waals surface area (Å²) in [6.45, 7) is -1.34. The van der Waals surface area contributed by atoms with Gasteiger partial charge in [-0.05, 0) is 12.8 Å². The third kappa shape index (κ3) is 3.93. The Morgan fingerprint density at radius 3 is 2.31 bits per heavy atom. The van der Waals surface area contributed by atoms with Crippen LogP contribution in [0.2, 0.25) is 0 Å². The first kappa shape index (κ1) is 10.8. The Hall–Kier alpha value is -0.320. The Labute approximate surface area is 74.1 Å². The van der Waals surface area contributed by atoms with Gasteiger partial charge >= 0.3 is 6.18 Å². The maximum absolute atomic E-state index is 12.9. The summed E-state index contributed by atoms with van der Waals surface area (Å²) in [6.07, 6.45) is -4.21. The fourth-order valence-corrected chi connectivity index (χ4v) is 1.44. The molecule has 78 valence electrons. The Kier molecular flexibility index (Phi) is 3.53. The van der Waals surface area contributed by atoms with Crippen LogP contribution in [0.4, 0.5) is 17.6 Å². The molecule has 1 rings (SSSR count). The van der Waals surface area contributed by atoms with Gasteiger partial charge in [0.2, 0.25) is 0 Å². The lowest BCUT2D eigenvalue weighted by Crippen LogP contribution is -2.32. The van der Waals surface area contributed by atoms with Crippen molar-refractivity contribution in [1.29, 1.82) is 0 Å². The number of alkyl halides is 4. The monoisotopic (exact) mass is 200 g/mol. The van der Waals surface area contributed by atoms with E-state index in [4.69, 9.17) is 0 Å². The van der Waals surface area contributed by atoms with Crippen LogP contribution >= 0.6 is 0 Å². The van der Waals surface area contributed by atoms with E-state index in [1.165, 1.54) is 0 Å². The van der Waals surface area contributed by atoms with Gasteiger partial charge in [-0.2, -0.15) is 13.2 Å². The summed E-state index contributed by atoms with van der Waals surface area (Å²) in [5.41, 5.74) is 0. The van der Waals surface area contributed by atoms with Crippen molar-refractivity contribution in [2.75, 3.05) is 6.61 Å². The lowest BCUT2D eigenvalue weighted by atomic mass is 9.96. The van der Waals surface area contributed by atoms with Gasteiger partial charge in [-0.1, -0.05) is 12.8 Å². The molecular weight excluding hydrogens is 188 g/mol. The highest BCUT2D eigenvalue weighted by Crippen LogP contribution is 2.25. The zero-order valence-electron chi connectivity index (χ0n) is 7.11. The zero-order chi connectivity index (χ0) is 9.90. The van der Waals surface area contributed by atoms with E-state index in [2.05, 4.69) is 4.74 Å². The molecule has 0 spiro atoms. The van der Waals surface area contributed by atoms with E-state index in [-0.39, 0.29) is 0 Å². The van der Waals surface area contributed by atoms with Crippen molar-refractivity contribution in [3.63, 3.8) is 0 Å². The standard InChI is InChI=1S/C8H12F4O/c9-6-3-1-2-4-7(6)13-5-8(10,11)12/h6-7H,1-5H2. The van der Waals surface area contributed by atoms with Gasteiger partial charge in [0.1, 0.15) is 12.8 Å². The lowest BCUT2D eigenvalue weighted by Gasteiger charge is -2.26. The van der Waals surface area contributed by atoms with E-state index < -0.39 is 25.1 Å². The third-order valence-electron chi connectivity index (χ3n) is 2.08. The Bertz CT molecular complexity index is 157. The minimum absolute atomic E-state index is 0.322. The number of hydrogen-bond donors (Lipinski definition) is 0. The molecule has 0 bridgehead atoms. The van der Waals surface area contributed by atoms with Crippen molar-refractivity contribution in [3.05, 3.63) is 0 Å². The molecule has 0 aliphatic heterocycles. The van der Waals surface area contributed by atoms with Gasteiger partial charge in [0.05, 0.1) is 6.10 Å². The molecule has 2 atom stereocenters. The topological polar surface area (TPSA) is 9.23 Å². The number of rotatable bonds is 2. The molecule has 0 aromatic heterocycles. The molecule has 0 aromatic rings. The molecule has 1 nitrogen and oxygen atoms in total. The van der Waals surface area contributed by atoms with Gasteiger partial charge in [-0.15, -0.1) is 0 Å². The van der Waals surface area contributed by atoms with Crippen LogP contribution < -0.4 is 0 Å². The summed E-state index contributed by atoms with van der Waals surface area (Å²) in [4.78, 5) is 0. The SMILES string of the molecule is FC1CCCCC1OCC(F)(F)F. The average Bonchev–Trinajstić information content (AvgIpc) is 2.01. The molecule has 0 N–H and O–H groups in total. The van der Waals surface area contributed by atoms with Crippen molar-refractivity contribution in [1.82, 2.24) is 0 Å². The quantitative estimate of drug-likeness (QED) is 0.623. The first-order valence-corrected chi connectivity index (χ1v) is 4.31. The van der Waals surface area contributed by atoms with Gasteiger partial charge in [0, 0.05) is 0 Å². The summed E-state index contributed by atoms with van der Waals surface area (Å²) in [5.74, 6) is 0. The molecule has 2 unspecified atom stereocenters. The Morgan fingerprint density at radius 1 is 1.15 bits per heavy atom. The second-order valence-electron chi connectivity index (χ2n) is 3.27. The van der Waals surface area contributed by atoms with Gasteiger partial charge < -0.3 is 4.74 Å². The maximum atomic E-state index is 12.9. The van der Waals surface area contributed by atoms with Crippen LogP contribution in [0, 0.1) is 0 Å². The second-order valence-corrected chi connectivity index (χ2v) is 3.27. The summed E-state index contributed by atoms with van der Waals surface area (Å²) in [7, 11) is 0. The molecule has 5 heteroatoms. The van der Waals surface area contributed by atoms with Crippen LogP contribution in [0.15, 0.2) is 0 Å². The lowest BCUT2D eigenvalue weighted by molar-refractivity contribution is -0.194. The summed E-state index contributed by atoms with van der Waals surface area (Å²) in [5, 5.41) is 0. The number of halogens is 4. The molecule has 13 heavy (non-hydrogen) atoms. The fourth-order valence-electron chi connectivity index (χ4n) is 1.44. The van der Waals surface area contributed by atoms with E-state index in [9.17, 15) is 17.6 Å². The normalized spacial score (nSPS) is 30.5. The second kappa shape index (κ2) is 4.26.